The number of carbonyl (C=O) groups is 1. The Hall–Kier alpha value is -0.970. The summed E-state index contributed by atoms with van der Waals surface area (Å²) in [6.45, 7) is 0. The first-order chi connectivity index (χ1) is 9.35. The summed E-state index contributed by atoms with van der Waals surface area (Å²) in [5.74, 6) is -1.85. The molecule has 0 amide bonds. The Labute approximate surface area is 117 Å². The maximum absolute atomic E-state index is 13.1. The van der Waals surface area contributed by atoms with Crippen molar-refractivity contribution in [3.8, 4) is 0 Å². The van der Waals surface area contributed by atoms with Crippen LogP contribution in [0, 0.1) is 5.92 Å². The highest BCUT2D eigenvalue weighted by Gasteiger charge is 2.66. The minimum atomic E-state index is -6.39. The van der Waals surface area contributed by atoms with Crippen molar-refractivity contribution in [1.29, 1.82) is 0 Å². The van der Waals surface area contributed by atoms with Crippen molar-refractivity contribution < 1.29 is 44.5 Å². The third-order valence-electron chi connectivity index (χ3n) is 3.13. The first kappa shape index (κ1) is 18.1. The van der Waals surface area contributed by atoms with Crippen molar-refractivity contribution >= 4 is 16.1 Å². The van der Waals surface area contributed by atoms with E-state index in [1.54, 1.807) is 0 Å². The number of rotatable bonds is 5. The molecular formula is C10H13F5O5S. The van der Waals surface area contributed by atoms with Gasteiger partial charge in [-0.15, -0.1) is 0 Å². The largest absolute Gasteiger partial charge is 0.445 e. The Morgan fingerprint density at radius 2 is 1.67 bits per heavy atom. The molecule has 1 rings (SSSR count). The number of esters is 1. The van der Waals surface area contributed by atoms with Crippen LogP contribution in [0.2, 0.25) is 0 Å². The molecule has 5 nitrogen and oxygen atoms in total. The summed E-state index contributed by atoms with van der Waals surface area (Å²) in [5, 5.41) is -5.67. The van der Waals surface area contributed by atoms with E-state index in [1.807, 2.05) is 0 Å². The predicted molar refractivity (Wildman–Crippen MR) is 59.0 cm³/mol. The predicted octanol–water partition coefficient (Wildman–Crippen LogP) is 2.52. The van der Waals surface area contributed by atoms with E-state index < -0.39 is 40.0 Å². The first-order valence-corrected chi connectivity index (χ1v) is 7.40. The van der Waals surface area contributed by atoms with Crippen molar-refractivity contribution in [2.24, 2.45) is 5.92 Å². The van der Waals surface area contributed by atoms with Gasteiger partial charge in [-0.25, -0.2) is 0 Å². The van der Waals surface area contributed by atoms with E-state index in [-0.39, 0.29) is 5.92 Å². The fraction of sp³-hybridized carbons (Fsp3) is 0.900. The quantitative estimate of drug-likeness (QED) is 0.472. The molecule has 1 atom stereocenters. The zero-order valence-electron chi connectivity index (χ0n) is 10.6. The van der Waals surface area contributed by atoms with Crippen LogP contribution in [-0.2, 0) is 19.6 Å². The lowest BCUT2D eigenvalue weighted by molar-refractivity contribution is -0.259. The molecule has 0 bridgehead atoms. The Morgan fingerprint density at radius 3 is 2.05 bits per heavy atom. The molecule has 124 valence electrons. The van der Waals surface area contributed by atoms with Gasteiger partial charge in [0.15, 0.2) is 0 Å². The van der Waals surface area contributed by atoms with Crippen molar-refractivity contribution in [2.75, 3.05) is 0 Å². The zero-order valence-corrected chi connectivity index (χ0v) is 11.4. The summed E-state index contributed by atoms with van der Waals surface area (Å²) in [5.41, 5.74) is 0. The molecule has 21 heavy (non-hydrogen) atoms. The minimum absolute atomic E-state index is 0.272. The number of halogens is 5. The number of hydrogen-bond acceptors (Lipinski definition) is 4. The molecule has 0 spiro atoms. The molecule has 1 N–H and O–H groups in total. The standard InChI is InChI=1S/C10H13F5O5S/c11-9(12,13)8(10(14,15)21(17,18)19)20-7(16)5-6-3-1-2-4-6/h6,8H,1-5H2,(H,17,18,19). The topological polar surface area (TPSA) is 80.7 Å². The Morgan fingerprint density at radius 1 is 1.19 bits per heavy atom. The summed E-state index contributed by atoms with van der Waals surface area (Å²) >= 11 is 0. The lowest BCUT2D eigenvalue weighted by atomic mass is 10.0. The molecule has 1 saturated carbocycles. The van der Waals surface area contributed by atoms with E-state index in [0.29, 0.717) is 12.8 Å². The molecule has 0 aliphatic heterocycles. The van der Waals surface area contributed by atoms with Crippen molar-refractivity contribution in [2.45, 2.75) is 49.6 Å². The minimum Gasteiger partial charge on any atom is -0.445 e. The molecule has 1 aliphatic rings. The van der Waals surface area contributed by atoms with Gasteiger partial charge in [0.05, 0.1) is 0 Å². The van der Waals surface area contributed by atoms with Crippen LogP contribution in [-0.4, -0.2) is 36.5 Å². The Balaban J connectivity index is 2.87. The van der Waals surface area contributed by atoms with Gasteiger partial charge in [0, 0.05) is 6.42 Å². The average Bonchev–Trinajstić information content (AvgIpc) is 2.75. The van der Waals surface area contributed by atoms with Gasteiger partial charge in [-0.3, -0.25) is 9.35 Å². The van der Waals surface area contributed by atoms with Crippen LogP contribution in [0.4, 0.5) is 22.0 Å². The fourth-order valence-electron chi connectivity index (χ4n) is 2.09. The van der Waals surface area contributed by atoms with Crippen molar-refractivity contribution in [3.63, 3.8) is 0 Å². The molecule has 0 aromatic carbocycles. The monoisotopic (exact) mass is 340 g/mol. The van der Waals surface area contributed by atoms with E-state index >= 15 is 0 Å². The van der Waals surface area contributed by atoms with Crippen molar-refractivity contribution in [3.05, 3.63) is 0 Å². The van der Waals surface area contributed by atoms with Gasteiger partial charge >= 0.3 is 27.5 Å². The normalized spacial score (nSPS) is 19.5. The highest BCUT2D eigenvalue weighted by Crippen LogP contribution is 2.38. The van der Waals surface area contributed by atoms with Gasteiger partial charge < -0.3 is 4.74 Å². The van der Waals surface area contributed by atoms with Gasteiger partial charge in [-0.2, -0.15) is 30.4 Å². The zero-order chi connectivity index (χ0) is 16.5. The molecule has 0 radical (unpaired) electrons. The SMILES string of the molecule is O=C(CC1CCCC1)OC(C(F)(F)F)C(F)(F)S(=O)(=O)O. The number of hydrogen-bond donors (Lipinski definition) is 1. The fourth-order valence-corrected chi connectivity index (χ4v) is 2.54. The molecule has 11 heteroatoms. The number of carbonyl (C=O) groups excluding carboxylic acids is 1. The highest BCUT2D eigenvalue weighted by atomic mass is 32.2. The Kier molecular flexibility index (Phi) is 5.19. The second-order valence-electron chi connectivity index (χ2n) is 4.80. The Bertz CT molecular complexity index is 481. The summed E-state index contributed by atoms with van der Waals surface area (Å²) in [6, 6.07) is 0. The van der Waals surface area contributed by atoms with Crippen LogP contribution in [0.15, 0.2) is 0 Å². The third kappa shape index (κ3) is 4.50. The third-order valence-corrected chi connectivity index (χ3v) is 4.03. The van der Waals surface area contributed by atoms with E-state index in [4.69, 9.17) is 4.55 Å². The molecule has 0 saturated heterocycles. The van der Waals surface area contributed by atoms with Gasteiger partial charge in [0.1, 0.15) is 0 Å². The summed E-state index contributed by atoms with van der Waals surface area (Å²) in [6.07, 6.45) is -7.95. The molecule has 1 fully saturated rings. The summed E-state index contributed by atoms with van der Waals surface area (Å²) in [7, 11) is -6.39. The molecule has 0 heterocycles. The van der Waals surface area contributed by atoms with Gasteiger partial charge in [0.2, 0.25) is 0 Å². The smallest absolute Gasteiger partial charge is 0.432 e. The first-order valence-electron chi connectivity index (χ1n) is 5.96. The van der Waals surface area contributed by atoms with E-state index in [9.17, 15) is 35.2 Å². The van der Waals surface area contributed by atoms with Crippen LogP contribution in [0.5, 0.6) is 0 Å². The molecule has 1 unspecified atom stereocenters. The molecule has 0 aromatic heterocycles. The lowest BCUT2D eigenvalue weighted by Gasteiger charge is -2.26. The maximum atomic E-state index is 13.1. The van der Waals surface area contributed by atoms with Crippen LogP contribution in [0.1, 0.15) is 32.1 Å². The van der Waals surface area contributed by atoms with Crippen LogP contribution in [0.3, 0.4) is 0 Å². The second kappa shape index (κ2) is 6.03. The number of alkyl halides is 5. The van der Waals surface area contributed by atoms with E-state index in [2.05, 4.69) is 4.74 Å². The molecule has 0 aromatic rings. The van der Waals surface area contributed by atoms with E-state index in [0.717, 1.165) is 12.8 Å². The van der Waals surface area contributed by atoms with Crippen LogP contribution in [0.25, 0.3) is 0 Å². The average molecular weight is 340 g/mol. The van der Waals surface area contributed by atoms with Crippen LogP contribution < -0.4 is 0 Å². The van der Waals surface area contributed by atoms with Gasteiger partial charge in [-0.05, 0) is 18.8 Å². The second-order valence-corrected chi connectivity index (χ2v) is 6.30. The summed E-state index contributed by atoms with van der Waals surface area (Å²) < 4.78 is 96.3. The summed E-state index contributed by atoms with van der Waals surface area (Å²) in [4.78, 5) is 11.3. The maximum Gasteiger partial charge on any atom is 0.432 e. The van der Waals surface area contributed by atoms with E-state index in [1.165, 1.54) is 0 Å². The van der Waals surface area contributed by atoms with Gasteiger partial charge in [0.25, 0.3) is 6.10 Å². The van der Waals surface area contributed by atoms with Crippen LogP contribution >= 0.6 is 0 Å². The van der Waals surface area contributed by atoms with Gasteiger partial charge in [-0.1, -0.05) is 12.8 Å². The molecule has 1 aliphatic carbocycles. The highest BCUT2D eigenvalue weighted by molar-refractivity contribution is 7.86. The number of ether oxygens (including phenoxy) is 1. The lowest BCUT2D eigenvalue weighted by Crippen LogP contribution is -2.52. The molecular weight excluding hydrogens is 327 g/mol. The van der Waals surface area contributed by atoms with Crippen molar-refractivity contribution in [1.82, 2.24) is 0 Å².